The van der Waals surface area contributed by atoms with Crippen LogP contribution in [-0.2, 0) is 4.79 Å². The van der Waals surface area contributed by atoms with E-state index in [1.165, 1.54) is 11.1 Å². The Morgan fingerprint density at radius 2 is 1.84 bits per heavy atom. The van der Waals surface area contributed by atoms with Gasteiger partial charge in [-0.2, -0.15) is 0 Å². The number of fused-ring (bicyclic) bond motifs is 1. The Labute approximate surface area is 112 Å². The third-order valence-corrected chi connectivity index (χ3v) is 3.71. The molecule has 0 unspecified atom stereocenters. The number of nitrogens with zero attached hydrogens (tertiary/aromatic N) is 3. The average molecular weight is 255 g/mol. The maximum Gasteiger partial charge on any atom is 0.219 e. The smallest absolute Gasteiger partial charge is 0.219 e. The fraction of sp³-hybridized carbons (Fsp3) is 0.333. The van der Waals surface area contributed by atoms with Crippen LogP contribution in [0.5, 0.6) is 0 Å². The predicted octanol–water partition coefficient (Wildman–Crippen LogP) is 1.90. The van der Waals surface area contributed by atoms with E-state index in [9.17, 15) is 4.79 Å². The highest BCUT2D eigenvalue weighted by molar-refractivity contribution is 5.93. The maximum absolute atomic E-state index is 11.3. The van der Waals surface area contributed by atoms with Crippen molar-refractivity contribution in [2.75, 3.05) is 31.1 Å². The van der Waals surface area contributed by atoms with Gasteiger partial charge in [-0.05, 0) is 0 Å². The summed E-state index contributed by atoms with van der Waals surface area (Å²) < 4.78 is 0. The Morgan fingerprint density at radius 3 is 2.58 bits per heavy atom. The first-order chi connectivity index (χ1) is 9.25. The number of rotatable bonds is 1. The van der Waals surface area contributed by atoms with Gasteiger partial charge in [0.15, 0.2) is 0 Å². The Morgan fingerprint density at radius 1 is 1.11 bits per heavy atom. The number of carbonyl (C=O) groups is 1. The molecule has 0 spiro atoms. The summed E-state index contributed by atoms with van der Waals surface area (Å²) in [5, 5.41) is 2.39. The second-order valence-corrected chi connectivity index (χ2v) is 4.87. The standard InChI is InChI=1S/C15H17N3O/c1-12(19)17-6-8-18(9-7-17)15-11-16-10-13-4-2-3-5-14(13)15/h2-5,10-11H,6-9H2,1H3. The maximum atomic E-state index is 11.3. The Bertz CT molecular complexity index is 598. The van der Waals surface area contributed by atoms with Crippen LogP contribution >= 0.6 is 0 Å². The zero-order valence-corrected chi connectivity index (χ0v) is 11.0. The number of carbonyl (C=O) groups excluding carboxylic acids is 1. The largest absolute Gasteiger partial charge is 0.366 e. The number of aromatic nitrogens is 1. The molecule has 3 rings (SSSR count). The van der Waals surface area contributed by atoms with Crippen molar-refractivity contribution < 1.29 is 4.79 Å². The van der Waals surface area contributed by atoms with Crippen LogP contribution in [0, 0.1) is 0 Å². The van der Waals surface area contributed by atoms with Crippen LogP contribution in [0.3, 0.4) is 0 Å². The molecule has 0 bridgehead atoms. The molecule has 0 saturated carbocycles. The van der Waals surface area contributed by atoms with E-state index in [0.717, 1.165) is 31.6 Å². The number of anilines is 1. The summed E-state index contributed by atoms with van der Waals surface area (Å²) in [7, 11) is 0. The molecule has 98 valence electrons. The Kier molecular flexibility index (Phi) is 3.07. The molecule has 0 radical (unpaired) electrons. The van der Waals surface area contributed by atoms with Gasteiger partial charge in [0.25, 0.3) is 0 Å². The zero-order chi connectivity index (χ0) is 13.2. The van der Waals surface area contributed by atoms with E-state index in [1.54, 1.807) is 6.92 Å². The first kappa shape index (κ1) is 12.0. The highest BCUT2D eigenvalue weighted by Crippen LogP contribution is 2.26. The number of hydrogen-bond acceptors (Lipinski definition) is 3. The minimum absolute atomic E-state index is 0.163. The fourth-order valence-corrected chi connectivity index (χ4v) is 2.61. The van der Waals surface area contributed by atoms with Crippen LogP contribution in [0.4, 0.5) is 5.69 Å². The average Bonchev–Trinajstić information content (AvgIpc) is 2.47. The minimum Gasteiger partial charge on any atom is -0.366 e. The SMILES string of the molecule is CC(=O)N1CCN(c2cncc3ccccc23)CC1. The summed E-state index contributed by atoms with van der Waals surface area (Å²) in [6.45, 7) is 4.96. The van der Waals surface area contributed by atoms with Crippen molar-refractivity contribution in [3.8, 4) is 0 Å². The molecular formula is C15H17N3O. The third kappa shape index (κ3) is 2.26. The van der Waals surface area contributed by atoms with Gasteiger partial charge in [-0.1, -0.05) is 24.3 Å². The van der Waals surface area contributed by atoms with Crippen molar-refractivity contribution >= 4 is 22.4 Å². The molecule has 1 saturated heterocycles. The van der Waals surface area contributed by atoms with E-state index in [-0.39, 0.29) is 5.91 Å². The fourth-order valence-electron chi connectivity index (χ4n) is 2.61. The summed E-state index contributed by atoms with van der Waals surface area (Å²) in [5.41, 5.74) is 1.17. The van der Waals surface area contributed by atoms with Gasteiger partial charge < -0.3 is 9.80 Å². The van der Waals surface area contributed by atoms with Crippen molar-refractivity contribution in [2.24, 2.45) is 0 Å². The van der Waals surface area contributed by atoms with Crippen LogP contribution in [0.2, 0.25) is 0 Å². The van der Waals surface area contributed by atoms with Gasteiger partial charge >= 0.3 is 0 Å². The van der Waals surface area contributed by atoms with Gasteiger partial charge in [0.05, 0.1) is 11.9 Å². The molecule has 1 aromatic heterocycles. The normalized spacial score (nSPS) is 15.8. The predicted molar refractivity (Wildman–Crippen MR) is 76.2 cm³/mol. The highest BCUT2D eigenvalue weighted by Gasteiger charge is 2.19. The topological polar surface area (TPSA) is 36.4 Å². The monoisotopic (exact) mass is 255 g/mol. The lowest BCUT2D eigenvalue weighted by atomic mass is 10.1. The lowest BCUT2D eigenvalue weighted by molar-refractivity contribution is -0.129. The first-order valence-corrected chi connectivity index (χ1v) is 6.59. The summed E-state index contributed by atoms with van der Waals surface area (Å²) in [6.07, 6.45) is 3.82. The van der Waals surface area contributed by atoms with E-state index in [4.69, 9.17) is 0 Å². The lowest BCUT2D eigenvalue weighted by Gasteiger charge is -2.35. The molecule has 0 N–H and O–H groups in total. The van der Waals surface area contributed by atoms with Crippen LogP contribution in [-0.4, -0.2) is 42.0 Å². The van der Waals surface area contributed by atoms with E-state index in [1.807, 2.05) is 23.4 Å². The van der Waals surface area contributed by atoms with Crippen LogP contribution in [0.15, 0.2) is 36.7 Å². The van der Waals surface area contributed by atoms with E-state index in [0.29, 0.717) is 0 Å². The molecule has 2 heterocycles. The number of amides is 1. The molecule has 0 atom stereocenters. The molecule has 2 aromatic rings. The molecule has 1 fully saturated rings. The van der Waals surface area contributed by atoms with Gasteiger partial charge in [-0.15, -0.1) is 0 Å². The summed E-state index contributed by atoms with van der Waals surface area (Å²) in [4.78, 5) is 19.9. The molecule has 1 aliphatic rings. The number of benzene rings is 1. The molecule has 1 aliphatic heterocycles. The minimum atomic E-state index is 0.163. The van der Waals surface area contributed by atoms with Crippen molar-refractivity contribution in [2.45, 2.75) is 6.92 Å². The van der Waals surface area contributed by atoms with Crippen LogP contribution < -0.4 is 4.90 Å². The number of pyridine rings is 1. The van der Waals surface area contributed by atoms with Crippen molar-refractivity contribution in [1.82, 2.24) is 9.88 Å². The second-order valence-electron chi connectivity index (χ2n) is 4.87. The zero-order valence-electron chi connectivity index (χ0n) is 11.0. The van der Waals surface area contributed by atoms with Crippen molar-refractivity contribution in [3.05, 3.63) is 36.7 Å². The van der Waals surface area contributed by atoms with Gasteiger partial charge in [-0.3, -0.25) is 9.78 Å². The number of hydrogen-bond donors (Lipinski definition) is 0. The van der Waals surface area contributed by atoms with E-state index < -0.39 is 0 Å². The van der Waals surface area contributed by atoms with Crippen molar-refractivity contribution in [3.63, 3.8) is 0 Å². The van der Waals surface area contributed by atoms with Gasteiger partial charge in [-0.25, -0.2) is 0 Å². The summed E-state index contributed by atoms with van der Waals surface area (Å²) >= 11 is 0. The van der Waals surface area contributed by atoms with E-state index in [2.05, 4.69) is 28.1 Å². The highest BCUT2D eigenvalue weighted by atomic mass is 16.2. The molecule has 4 heteroatoms. The molecule has 4 nitrogen and oxygen atoms in total. The third-order valence-electron chi connectivity index (χ3n) is 3.71. The molecule has 0 aliphatic carbocycles. The second kappa shape index (κ2) is 4.88. The first-order valence-electron chi connectivity index (χ1n) is 6.59. The lowest BCUT2D eigenvalue weighted by Crippen LogP contribution is -2.48. The van der Waals surface area contributed by atoms with Crippen molar-refractivity contribution in [1.29, 1.82) is 0 Å². The van der Waals surface area contributed by atoms with Crippen LogP contribution in [0.25, 0.3) is 10.8 Å². The Hall–Kier alpha value is -2.10. The summed E-state index contributed by atoms with van der Waals surface area (Å²) in [5.74, 6) is 0.163. The van der Waals surface area contributed by atoms with Gasteiger partial charge in [0.1, 0.15) is 0 Å². The molecule has 1 aromatic carbocycles. The van der Waals surface area contributed by atoms with Gasteiger partial charge in [0, 0.05) is 50.1 Å². The van der Waals surface area contributed by atoms with Gasteiger partial charge in [0.2, 0.25) is 5.91 Å². The molecular weight excluding hydrogens is 238 g/mol. The molecule has 19 heavy (non-hydrogen) atoms. The number of piperazine rings is 1. The molecule has 1 amide bonds. The van der Waals surface area contributed by atoms with Crippen LogP contribution in [0.1, 0.15) is 6.92 Å². The summed E-state index contributed by atoms with van der Waals surface area (Å²) in [6, 6.07) is 8.29. The van der Waals surface area contributed by atoms with E-state index >= 15 is 0 Å². The quantitative estimate of drug-likeness (QED) is 0.781. The Balaban J connectivity index is 1.88.